The van der Waals surface area contributed by atoms with E-state index >= 15 is 0 Å². The molecule has 0 aromatic heterocycles. The summed E-state index contributed by atoms with van der Waals surface area (Å²) in [4.78, 5) is 30.5. The number of carbonyl (C=O) groups is 2. The fourth-order valence-corrected chi connectivity index (χ4v) is 3.18. The number of hydrogen-bond acceptors (Lipinski definition) is 5. The zero-order valence-electron chi connectivity index (χ0n) is 14.5. The predicted octanol–water partition coefficient (Wildman–Crippen LogP) is -0.216. The van der Waals surface area contributed by atoms with Crippen molar-refractivity contribution >= 4 is 17.5 Å². The van der Waals surface area contributed by atoms with Crippen LogP contribution >= 0.6 is 0 Å². The molecule has 2 aliphatic rings. The lowest BCUT2D eigenvalue weighted by atomic mass is 10.2. The molecule has 136 valence electrons. The minimum absolute atomic E-state index is 0.422. The number of benzene rings is 1. The first-order valence-electron chi connectivity index (χ1n) is 8.91. The number of amides is 2. The summed E-state index contributed by atoms with van der Waals surface area (Å²) >= 11 is 0. The van der Waals surface area contributed by atoms with Gasteiger partial charge in [0.25, 0.3) is 0 Å². The van der Waals surface area contributed by atoms with Crippen molar-refractivity contribution in [1.29, 1.82) is 0 Å². The van der Waals surface area contributed by atoms with Gasteiger partial charge in [0.2, 0.25) is 0 Å². The summed E-state index contributed by atoms with van der Waals surface area (Å²) in [6.45, 7) is 7.12. The predicted molar refractivity (Wildman–Crippen MR) is 95.5 cm³/mol. The molecule has 7 nitrogen and oxygen atoms in total. The highest BCUT2D eigenvalue weighted by atomic mass is 16.5. The monoisotopic (exact) mass is 346 g/mol. The maximum Gasteiger partial charge on any atom is 0.312 e. The van der Waals surface area contributed by atoms with Gasteiger partial charge in [-0.15, -0.1) is 0 Å². The first kappa shape index (κ1) is 17.7. The summed E-state index contributed by atoms with van der Waals surface area (Å²) in [7, 11) is 0. The molecule has 2 fully saturated rings. The number of rotatable bonds is 4. The number of nitrogens with one attached hydrogen (secondary N) is 1. The summed E-state index contributed by atoms with van der Waals surface area (Å²) in [5, 5.41) is 2.74. The summed E-state index contributed by atoms with van der Waals surface area (Å²) in [6, 6.07) is 10.1. The van der Waals surface area contributed by atoms with Crippen LogP contribution in [-0.4, -0.2) is 87.2 Å². The fourth-order valence-electron chi connectivity index (χ4n) is 3.18. The Kier molecular flexibility index (Phi) is 6.25. The van der Waals surface area contributed by atoms with Crippen molar-refractivity contribution < 1.29 is 14.3 Å². The van der Waals surface area contributed by atoms with E-state index in [0.717, 1.165) is 51.6 Å². The average molecular weight is 346 g/mol. The molecule has 7 heteroatoms. The quantitative estimate of drug-likeness (QED) is 0.764. The maximum absolute atomic E-state index is 12.3. The third-order valence-electron chi connectivity index (χ3n) is 4.70. The van der Waals surface area contributed by atoms with Crippen LogP contribution in [-0.2, 0) is 14.3 Å². The van der Waals surface area contributed by atoms with Crippen molar-refractivity contribution in [3.8, 4) is 0 Å². The van der Waals surface area contributed by atoms with Crippen LogP contribution in [0.5, 0.6) is 0 Å². The average Bonchev–Trinajstić information content (AvgIpc) is 2.69. The van der Waals surface area contributed by atoms with Crippen LogP contribution in [0, 0.1) is 0 Å². The maximum atomic E-state index is 12.3. The number of morpholine rings is 1. The van der Waals surface area contributed by atoms with Gasteiger partial charge >= 0.3 is 11.8 Å². The minimum Gasteiger partial charge on any atom is -0.379 e. The molecular weight excluding hydrogens is 320 g/mol. The second-order valence-electron chi connectivity index (χ2n) is 6.32. The summed E-state index contributed by atoms with van der Waals surface area (Å²) < 4.78 is 5.29. The molecule has 3 rings (SSSR count). The van der Waals surface area contributed by atoms with E-state index in [4.69, 9.17) is 4.74 Å². The molecular formula is C18H26N4O3. The Hall–Kier alpha value is -2.12. The molecule has 2 aliphatic heterocycles. The summed E-state index contributed by atoms with van der Waals surface area (Å²) in [6.07, 6.45) is 0. The van der Waals surface area contributed by atoms with Crippen LogP contribution in [0.3, 0.4) is 0 Å². The van der Waals surface area contributed by atoms with E-state index in [1.807, 2.05) is 18.2 Å². The number of anilines is 1. The first-order chi connectivity index (χ1) is 12.2. The van der Waals surface area contributed by atoms with Crippen molar-refractivity contribution in [2.24, 2.45) is 0 Å². The van der Waals surface area contributed by atoms with Crippen LogP contribution in [0.1, 0.15) is 0 Å². The molecule has 0 atom stereocenters. The Morgan fingerprint density at radius 1 is 0.960 bits per heavy atom. The highest BCUT2D eigenvalue weighted by Crippen LogP contribution is 2.15. The Labute approximate surface area is 148 Å². The molecule has 0 unspecified atom stereocenters. The Morgan fingerprint density at radius 3 is 2.32 bits per heavy atom. The number of carbonyl (C=O) groups excluding carboxylic acids is 2. The van der Waals surface area contributed by atoms with Gasteiger partial charge in [0, 0.05) is 58.0 Å². The lowest BCUT2D eigenvalue weighted by Gasteiger charge is -2.35. The van der Waals surface area contributed by atoms with Crippen molar-refractivity contribution in [2.45, 2.75) is 0 Å². The molecule has 2 heterocycles. The van der Waals surface area contributed by atoms with Crippen LogP contribution in [0.4, 0.5) is 5.69 Å². The fraction of sp³-hybridized carbons (Fsp3) is 0.556. The Balaban J connectivity index is 1.38. The first-order valence-corrected chi connectivity index (χ1v) is 8.91. The van der Waals surface area contributed by atoms with E-state index in [9.17, 15) is 9.59 Å². The van der Waals surface area contributed by atoms with E-state index in [2.05, 4.69) is 27.2 Å². The molecule has 0 saturated carbocycles. The molecule has 1 aromatic rings. The molecule has 2 amide bonds. The van der Waals surface area contributed by atoms with E-state index in [1.165, 1.54) is 0 Å². The van der Waals surface area contributed by atoms with Crippen LogP contribution in [0.15, 0.2) is 30.3 Å². The highest BCUT2D eigenvalue weighted by Gasteiger charge is 2.26. The molecule has 1 N–H and O–H groups in total. The normalized spacial score (nSPS) is 18.9. The summed E-state index contributed by atoms with van der Waals surface area (Å²) in [5.74, 6) is -0.920. The highest BCUT2D eigenvalue weighted by molar-refractivity contribution is 6.35. The second-order valence-corrected chi connectivity index (χ2v) is 6.32. The Bertz CT molecular complexity index is 567. The van der Waals surface area contributed by atoms with Crippen molar-refractivity contribution in [2.75, 3.05) is 70.5 Å². The van der Waals surface area contributed by atoms with Crippen molar-refractivity contribution in [1.82, 2.24) is 15.1 Å². The molecule has 0 bridgehead atoms. The molecule has 0 aliphatic carbocycles. The number of ether oxygens (including phenoxy) is 1. The standard InChI is InChI=1S/C18H26N4O3/c23-17(19-6-7-20-12-14-25-15-13-20)18(24)22-10-8-21(9-11-22)16-4-2-1-3-5-16/h1-5H,6-15H2,(H,19,23). The van der Waals surface area contributed by atoms with Gasteiger partial charge in [0.15, 0.2) is 0 Å². The van der Waals surface area contributed by atoms with Crippen LogP contribution in [0.25, 0.3) is 0 Å². The number of piperazine rings is 1. The smallest absolute Gasteiger partial charge is 0.312 e. The van der Waals surface area contributed by atoms with E-state index < -0.39 is 11.8 Å². The molecule has 2 saturated heterocycles. The number of para-hydroxylation sites is 1. The minimum atomic E-state index is -0.499. The second kappa shape index (κ2) is 8.82. The number of hydrogen-bond donors (Lipinski definition) is 1. The third kappa shape index (κ3) is 4.93. The lowest BCUT2D eigenvalue weighted by molar-refractivity contribution is -0.146. The van der Waals surface area contributed by atoms with Crippen molar-refractivity contribution in [3.05, 3.63) is 30.3 Å². The van der Waals surface area contributed by atoms with Gasteiger partial charge in [-0.3, -0.25) is 14.5 Å². The van der Waals surface area contributed by atoms with Crippen molar-refractivity contribution in [3.63, 3.8) is 0 Å². The van der Waals surface area contributed by atoms with Crippen LogP contribution in [0.2, 0.25) is 0 Å². The molecule has 0 radical (unpaired) electrons. The van der Waals surface area contributed by atoms with E-state index in [1.54, 1.807) is 4.90 Å². The van der Waals surface area contributed by atoms with Gasteiger partial charge < -0.3 is 19.9 Å². The molecule has 1 aromatic carbocycles. The van der Waals surface area contributed by atoms with Gasteiger partial charge in [0.05, 0.1) is 13.2 Å². The van der Waals surface area contributed by atoms with Gasteiger partial charge in [-0.25, -0.2) is 0 Å². The third-order valence-corrected chi connectivity index (χ3v) is 4.70. The zero-order valence-corrected chi connectivity index (χ0v) is 14.5. The van der Waals surface area contributed by atoms with E-state index in [0.29, 0.717) is 19.6 Å². The van der Waals surface area contributed by atoms with Gasteiger partial charge in [-0.05, 0) is 12.1 Å². The van der Waals surface area contributed by atoms with Gasteiger partial charge in [0.1, 0.15) is 0 Å². The topological polar surface area (TPSA) is 65.1 Å². The van der Waals surface area contributed by atoms with Crippen LogP contribution < -0.4 is 10.2 Å². The van der Waals surface area contributed by atoms with E-state index in [-0.39, 0.29) is 0 Å². The molecule has 25 heavy (non-hydrogen) atoms. The Morgan fingerprint density at radius 2 is 1.64 bits per heavy atom. The number of nitrogens with zero attached hydrogens (tertiary/aromatic N) is 3. The van der Waals surface area contributed by atoms with Gasteiger partial charge in [-0.2, -0.15) is 0 Å². The zero-order chi connectivity index (χ0) is 17.5. The molecule has 0 spiro atoms. The van der Waals surface area contributed by atoms with Gasteiger partial charge in [-0.1, -0.05) is 18.2 Å². The lowest BCUT2D eigenvalue weighted by Crippen LogP contribution is -2.53. The SMILES string of the molecule is O=C(NCCN1CCOCC1)C(=O)N1CCN(c2ccccc2)CC1. The summed E-state index contributed by atoms with van der Waals surface area (Å²) in [5.41, 5.74) is 1.16. The largest absolute Gasteiger partial charge is 0.379 e.